The minimum absolute atomic E-state index is 1.05. The maximum Gasteiger partial charge on any atom is 0.130 e. The summed E-state index contributed by atoms with van der Waals surface area (Å²) in [6, 6.07) is 2.13. The summed E-state index contributed by atoms with van der Waals surface area (Å²) in [4.78, 5) is 6.32. The summed E-state index contributed by atoms with van der Waals surface area (Å²) in [6.45, 7) is 2.07. The fourth-order valence-electron chi connectivity index (χ4n) is 1.00. The number of nitrogens with zero attached hydrogens (tertiary/aromatic N) is 2. The molecule has 0 amide bonds. The van der Waals surface area contributed by atoms with E-state index in [1.54, 1.807) is 0 Å². The number of halogens is 1. The molecule has 0 aliphatic heterocycles. The first-order valence-corrected chi connectivity index (χ1v) is 4.48. The van der Waals surface area contributed by atoms with Crippen LogP contribution in [0.1, 0.15) is 5.56 Å². The van der Waals surface area contributed by atoms with Crippen molar-refractivity contribution in [2.75, 3.05) is 19.0 Å². The van der Waals surface area contributed by atoms with Crippen LogP contribution in [0, 0.1) is 10.5 Å². The van der Waals surface area contributed by atoms with Gasteiger partial charge in [0.1, 0.15) is 5.82 Å². The Morgan fingerprint density at radius 2 is 2.09 bits per heavy atom. The van der Waals surface area contributed by atoms with E-state index < -0.39 is 0 Å². The molecular formula is C8H11IN2. The van der Waals surface area contributed by atoms with Gasteiger partial charge in [-0.2, -0.15) is 0 Å². The fourth-order valence-corrected chi connectivity index (χ4v) is 1.61. The largest absolute Gasteiger partial charge is 0.363 e. The Labute approximate surface area is 80.8 Å². The minimum atomic E-state index is 1.05. The standard InChI is InChI=1S/C8H11IN2/c1-6-4-7(9)5-10-8(6)11(2)3/h4-5H,1-3H3. The summed E-state index contributed by atoms with van der Waals surface area (Å²) in [5.41, 5.74) is 1.22. The van der Waals surface area contributed by atoms with Crippen molar-refractivity contribution in [1.29, 1.82) is 0 Å². The van der Waals surface area contributed by atoms with Gasteiger partial charge in [-0.1, -0.05) is 0 Å². The molecule has 1 aromatic rings. The first kappa shape index (κ1) is 8.77. The van der Waals surface area contributed by atoms with E-state index >= 15 is 0 Å². The molecule has 0 saturated carbocycles. The third-order valence-corrected chi connectivity index (χ3v) is 2.03. The molecule has 0 aromatic carbocycles. The van der Waals surface area contributed by atoms with Gasteiger partial charge < -0.3 is 4.90 Å². The van der Waals surface area contributed by atoms with Gasteiger partial charge in [-0.05, 0) is 41.1 Å². The lowest BCUT2D eigenvalue weighted by atomic mass is 10.3. The summed E-state index contributed by atoms with van der Waals surface area (Å²) in [5, 5.41) is 0. The van der Waals surface area contributed by atoms with Gasteiger partial charge in [-0.25, -0.2) is 4.98 Å². The van der Waals surface area contributed by atoms with Crippen molar-refractivity contribution in [2.24, 2.45) is 0 Å². The predicted octanol–water partition coefficient (Wildman–Crippen LogP) is 2.06. The van der Waals surface area contributed by atoms with Crippen LogP contribution < -0.4 is 4.90 Å². The van der Waals surface area contributed by atoms with E-state index in [1.165, 1.54) is 9.13 Å². The molecule has 0 bridgehead atoms. The van der Waals surface area contributed by atoms with Crippen molar-refractivity contribution < 1.29 is 0 Å². The van der Waals surface area contributed by atoms with Crippen LogP contribution in [-0.2, 0) is 0 Å². The lowest BCUT2D eigenvalue weighted by Gasteiger charge is -2.13. The van der Waals surface area contributed by atoms with Crippen molar-refractivity contribution in [2.45, 2.75) is 6.92 Å². The van der Waals surface area contributed by atoms with E-state index in [2.05, 4.69) is 40.6 Å². The van der Waals surface area contributed by atoms with E-state index in [1.807, 2.05) is 25.2 Å². The first-order valence-electron chi connectivity index (χ1n) is 3.40. The second-order valence-corrected chi connectivity index (χ2v) is 3.93. The average molecular weight is 262 g/mol. The first-order chi connectivity index (χ1) is 5.11. The fraction of sp³-hybridized carbons (Fsp3) is 0.375. The molecular weight excluding hydrogens is 251 g/mol. The molecule has 3 heteroatoms. The zero-order valence-electron chi connectivity index (χ0n) is 6.93. The van der Waals surface area contributed by atoms with Crippen molar-refractivity contribution in [3.8, 4) is 0 Å². The maximum atomic E-state index is 4.30. The molecule has 60 valence electrons. The Bertz CT molecular complexity index is 258. The Morgan fingerprint density at radius 1 is 1.45 bits per heavy atom. The topological polar surface area (TPSA) is 16.1 Å². The third-order valence-electron chi connectivity index (χ3n) is 1.44. The van der Waals surface area contributed by atoms with Crippen molar-refractivity contribution >= 4 is 28.4 Å². The van der Waals surface area contributed by atoms with Gasteiger partial charge in [-0.3, -0.25) is 0 Å². The zero-order chi connectivity index (χ0) is 8.43. The summed E-state index contributed by atoms with van der Waals surface area (Å²) >= 11 is 2.26. The highest BCUT2D eigenvalue weighted by Gasteiger charge is 2.00. The predicted molar refractivity (Wildman–Crippen MR) is 56.0 cm³/mol. The van der Waals surface area contributed by atoms with Crippen molar-refractivity contribution in [1.82, 2.24) is 4.98 Å². The SMILES string of the molecule is Cc1cc(I)cnc1N(C)C. The van der Waals surface area contributed by atoms with E-state index in [0.717, 1.165) is 5.82 Å². The Balaban J connectivity index is 3.09. The number of aromatic nitrogens is 1. The van der Waals surface area contributed by atoms with Crippen LogP contribution in [0.2, 0.25) is 0 Å². The Kier molecular flexibility index (Phi) is 2.70. The van der Waals surface area contributed by atoms with Crippen molar-refractivity contribution in [3.63, 3.8) is 0 Å². The van der Waals surface area contributed by atoms with E-state index in [9.17, 15) is 0 Å². The number of rotatable bonds is 1. The van der Waals surface area contributed by atoms with Crippen LogP contribution in [0.4, 0.5) is 5.82 Å². The normalized spacial score (nSPS) is 9.82. The van der Waals surface area contributed by atoms with Crippen LogP contribution in [-0.4, -0.2) is 19.1 Å². The van der Waals surface area contributed by atoms with Crippen LogP contribution in [0.5, 0.6) is 0 Å². The van der Waals surface area contributed by atoms with Gasteiger partial charge in [-0.15, -0.1) is 0 Å². The minimum Gasteiger partial charge on any atom is -0.363 e. The lowest BCUT2D eigenvalue weighted by molar-refractivity contribution is 1.05. The highest BCUT2D eigenvalue weighted by Crippen LogP contribution is 2.15. The Hall–Kier alpha value is -0.320. The van der Waals surface area contributed by atoms with Gasteiger partial charge in [0.25, 0.3) is 0 Å². The van der Waals surface area contributed by atoms with Gasteiger partial charge in [0, 0.05) is 23.9 Å². The summed E-state index contributed by atoms with van der Waals surface area (Å²) in [6.07, 6.45) is 1.88. The van der Waals surface area contributed by atoms with Crippen LogP contribution in [0.25, 0.3) is 0 Å². The van der Waals surface area contributed by atoms with Gasteiger partial charge in [0.05, 0.1) is 0 Å². The maximum absolute atomic E-state index is 4.30. The number of aryl methyl sites for hydroxylation is 1. The molecule has 0 radical (unpaired) electrons. The number of hydrogen-bond donors (Lipinski definition) is 0. The lowest BCUT2D eigenvalue weighted by Crippen LogP contribution is -2.12. The molecule has 0 N–H and O–H groups in total. The van der Waals surface area contributed by atoms with Crippen LogP contribution >= 0.6 is 22.6 Å². The monoisotopic (exact) mass is 262 g/mol. The Morgan fingerprint density at radius 3 is 2.55 bits per heavy atom. The summed E-state index contributed by atoms with van der Waals surface area (Å²) in [7, 11) is 4.00. The van der Waals surface area contributed by atoms with E-state index in [4.69, 9.17) is 0 Å². The molecule has 0 fully saturated rings. The molecule has 0 aliphatic carbocycles. The van der Waals surface area contributed by atoms with E-state index in [0.29, 0.717) is 0 Å². The number of pyridine rings is 1. The molecule has 0 aliphatic rings. The molecule has 0 atom stereocenters. The van der Waals surface area contributed by atoms with Crippen LogP contribution in [0.15, 0.2) is 12.3 Å². The average Bonchev–Trinajstić information content (AvgIpc) is 1.85. The third kappa shape index (κ3) is 2.05. The molecule has 2 nitrogen and oxygen atoms in total. The molecule has 1 heterocycles. The summed E-state index contributed by atoms with van der Waals surface area (Å²) < 4.78 is 1.19. The van der Waals surface area contributed by atoms with E-state index in [-0.39, 0.29) is 0 Å². The second kappa shape index (κ2) is 3.38. The van der Waals surface area contributed by atoms with Crippen molar-refractivity contribution in [3.05, 3.63) is 21.4 Å². The summed E-state index contributed by atoms with van der Waals surface area (Å²) in [5.74, 6) is 1.05. The van der Waals surface area contributed by atoms with Gasteiger partial charge in [0.15, 0.2) is 0 Å². The van der Waals surface area contributed by atoms with Gasteiger partial charge in [0.2, 0.25) is 0 Å². The number of anilines is 1. The smallest absolute Gasteiger partial charge is 0.130 e. The molecule has 1 rings (SSSR count). The molecule has 0 unspecified atom stereocenters. The second-order valence-electron chi connectivity index (χ2n) is 2.69. The highest BCUT2D eigenvalue weighted by molar-refractivity contribution is 14.1. The molecule has 11 heavy (non-hydrogen) atoms. The molecule has 0 saturated heterocycles. The zero-order valence-corrected chi connectivity index (χ0v) is 9.08. The highest BCUT2D eigenvalue weighted by atomic mass is 127. The van der Waals surface area contributed by atoms with Gasteiger partial charge >= 0.3 is 0 Å². The van der Waals surface area contributed by atoms with Crippen LogP contribution in [0.3, 0.4) is 0 Å². The molecule has 1 aromatic heterocycles. The number of hydrogen-bond acceptors (Lipinski definition) is 2. The molecule has 0 spiro atoms. The quantitative estimate of drug-likeness (QED) is 0.720.